The predicted molar refractivity (Wildman–Crippen MR) is 83.9 cm³/mol. The lowest BCUT2D eigenvalue weighted by atomic mass is 10.1. The summed E-state index contributed by atoms with van der Waals surface area (Å²) in [6, 6.07) is 15.2. The Morgan fingerprint density at radius 2 is 1.43 bits per heavy atom. The van der Waals surface area contributed by atoms with Crippen LogP contribution in [0.4, 0.5) is 17.1 Å². The number of carbonyl (C=O) groups excluding carboxylic acids is 1. The van der Waals surface area contributed by atoms with Crippen molar-refractivity contribution in [3.05, 3.63) is 54.1 Å². The van der Waals surface area contributed by atoms with E-state index in [4.69, 9.17) is 0 Å². The van der Waals surface area contributed by atoms with Gasteiger partial charge >= 0.3 is 0 Å². The highest BCUT2D eigenvalue weighted by Crippen LogP contribution is 2.25. The third-order valence-corrected chi connectivity index (χ3v) is 3.63. The molecule has 3 rings (SSSR count). The quantitative estimate of drug-likeness (QED) is 0.610. The fourth-order valence-corrected chi connectivity index (χ4v) is 2.18. The molecule has 4 nitrogen and oxygen atoms in total. The Kier molecular flexibility index (Phi) is 3.77. The van der Waals surface area contributed by atoms with E-state index in [1.54, 1.807) is 31.2 Å². The third kappa shape index (κ3) is 3.16. The molecule has 1 heterocycles. The van der Waals surface area contributed by atoms with Crippen molar-refractivity contribution in [1.29, 1.82) is 0 Å². The maximum Gasteiger partial charge on any atom is 0.159 e. The topological polar surface area (TPSA) is 45.0 Å². The Labute approximate surface area is 124 Å². The van der Waals surface area contributed by atoms with E-state index in [0.717, 1.165) is 24.5 Å². The molecule has 2 aromatic rings. The predicted octanol–water partition coefficient (Wildman–Crippen LogP) is 4.51. The molecule has 21 heavy (non-hydrogen) atoms. The lowest BCUT2D eigenvalue weighted by Crippen LogP contribution is -2.36. The van der Waals surface area contributed by atoms with Gasteiger partial charge in [-0.15, -0.1) is 0 Å². The average Bonchev–Trinajstić information content (AvgIpc) is 2.45. The minimum absolute atomic E-state index is 0.0556. The average molecular weight is 279 g/mol. The molecule has 1 aliphatic rings. The summed E-state index contributed by atoms with van der Waals surface area (Å²) in [7, 11) is 0. The molecule has 1 aliphatic heterocycles. The van der Waals surface area contributed by atoms with E-state index in [1.807, 2.05) is 12.1 Å². The first-order valence-corrected chi connectivity index (χ1v) is 7.10. The molecule has 0 aliphatic carbocycles. The van der Waals surface area contributed by atoms with Crippen LogP contribution in [0.1, 0.15) is 23.7 Å². The van der Waals surface area contributed by atoms with Crippen molar-refractivity contribution < 1.29 is 4.79 Å². The number of nitrogens with zero attached hydrogens (tertiary/aromatic N) is 3. The molecule has 2 aromatic carbocycles. The van der Waals surface area contributed by atoms with Crippen molar-refractivity contribution in [3.8, 4) is 0 Å². The number of Topliss-reactive ketones (excluding diaryl/α,β-unsaturated/α-hetero) is 1. The largest absolute Gasteiger partial charge is 0.371 e. The van der Waals surface area contributed by atoms with E-state index in [2.05, 4.69) is 27.3 Å². The Balaban J connectivity index is 1.68. The smallest absolute Gasteiger partial charge is 0.159 e. The number of rotatable bonds is 4. The molecule has 0 amide bonds. The van der Waals surface area contributed by atoms with Gasteiger partial charge in [0.25, 0.3) is 0 Å². The van der Waals surface area contributed by atoms with Gasteiger partial charge in [0, 0.05) is 24.3 Å². The van der Waals surface area contributed by atoms with Crippen LogP contribution in [0.2, 0.25) is 0 Å². The SMILES string of the molecule is CC(=O)c1ccc(N=Nc2ccc(N3CCC3)cc2)cc1. The minimum atomic E-state index is 0.0556. The zero-order valence-corrected chi connectivity index (χ0v) is 12.0. The summed E-state index contributed by atoms with van der Waals surface area (Å²) < 4.78 is 0. The maximum atomic E-state index is 11.2. The first-order valence-electron chi connectivity index (χ1n) is 7.10. The summed E-state index contributed by atoms with van der Waals surface area (Å²) in [5.74, 6) is 0.0556. The Bertz CT molecular complexity index is 655. The number of hydrogen-bond donors (Lipinski definition) is 0. The number of azo groups is 1. The molecule has 0 unspecified atom stereocenters. The molecule has 0 bridgehead atoms. The molecule has 4 heteroatoms. The molecule has 0 N–H and O–H groups in total. The van der Waals surface area contributed by atoms with Crippen LogP contribution in [0, 0.1) is 0 Å². The van der Waals surface area contributed by atoms with E-state index >= 15 is 0 Å². The van der Waals surface area contributed by atoms with Crippen molar-refractivity contribution >= 4 is 22.8 Å². The fourth-order valence-electron chi connectivity index (χ4n) is 2.18. The molecular formula is C17H17N3O. The molecule has 1 saturated heterocycles. The van der Waals surface area contributed by atoms with Gasteiger partial charge in [0.15, 0.2) is 5.78 Å². The lowest BCUT2D eigenvalue weighted by molar-refractivity contribution is 0.101. The van der Waals surface area contributed by atoms with Gasteiger partial charge in [-0.2, -0.15) is 10.2 Å². The second kappa shape index (κ2) is 5.87. The number of hydrogen-bond acceptors (Lipinski definition) is 4. The molecular weight excluding hydrogens is 262 g/mol. The van der Waals surface area contributed by atoms with E-state index in [1.165, 1.54) is 12.1 Å². The van der Waals surface area contributed by atoms with Gasteiger partial charge in [0.05, 0.1) is 11.4 Å². The summed E-state index contributed by atoms with van der Waals surface area (Å²) >= 11 is 0. The standard InChI is InChI=1S/C17H17N3O/c1-13(21)14-3-5-15(6-4-14)18-19-16-7-9-17(10-8-16)20-11-2-12-20/h3-10H,2,11-12H2,1H3. The Hall–Kier alpha value is -2.49. The monoisotopic (exact) mass is 279 g/mol. The zero-order chi connectivity index (χ0) is 14.7. The van der Waals surface area contributed by atoms with Gasteiger partial charge in [-0.25, -0.2) is 0 Å². The van der Waals surface area contributed by atoms with Crippen LogP contribution in [-0.4, -0.2) is 18.9 Å². The normalized spacial score (nSPS) is 14.2. The van der Waals surface area contributed by atoms with Gasteiger partial charge in [0.2, 0.25) is 0 Å². The van der Waals surface area contributed by atoms with Gasteiger partial charge in [-0.1, -0.05) is 0 Å². The second-order valence-corrected chi connectivity index (χ2v) is 5.16. The van der Waals surface area contributed by atoms with E-state index in [9.17, 15) is 4.79 Å². The fraction of sp³-hybridized carbons (Fsp3) is 0.235. The lowest BCUT2D eigenvalue weighted by Gasteiger charge is -2.33. The maximum absolute atomic E-state index is 11.2. The van der Waals surface area contributed by atoms with Crippen molar-refractivity contribution in [3.63, 3.8) is 0 Å². The van der Waals surface area contributed by atoms with Crippen molar-refractivity contribution in [2.24, 2.45) is 10.2 Å². The van der Waals surface area contributed by atoms with Crippen LogP contribution in [0.15, 0.2) is 58.8 Å². The Morgan fingerprint density at radius 3 is 1.86 bits per heavy atom. The minimum Gasteiger partial charge on any atom is -0.371 e. The number of ketones is 1. The van der Waals surface area contributed by atoms with Crippen molar-refractivity contribution in [1.82, 2.24) is 0 Å². The van der Waals surface area contributed by atoms with Gasteiger partial charge < -0.3 is 4.90 Å². The first-order chi connectivity index (χ1) is 10.2. The highest BCUT2D eigenvalue weighted by molar-refractivity contribution is 5.94. The van der Waals surface area contributed by atoms with Crippen molar-refractivity contribution in [2.45, 2.75) is 13.3 Å². The van der Waals surface area contributed by atoms with Gasteiger partial charge in [-0.05, 0) is 61.9 Å². The highest BCUT2D eigenvalue weighted by atomic mass is 16.1. The molecule has 0 atom stereocenters. The number of anilines is 1. The highest BCUT2D eigenvalue weighted by Gasteiger charge is 2.13. The van der Waals surface area contributed by atoms with Gasteiger partial charge in [0.1, 0.15) is 0 Å². The summed E-state index contributed by atoms with van der Waals surface area (Å²) in [4.78, 5) is 13.5. The summed E-state index contributed by atoms with van der Waals surface area (Å²) in [6.45, 7) is 3.84. The molecule has 0 saturated carbocycles. The van der Waals surface area contributed by atoms with Crippen LogP contribution in [-0.2, 0) is 0 Å². The number of benzene rings is 2. The second-order valence-electron chi connectivity index (χ2n) is 5.16. The zero-order valence-electron chi connectivity index (χ0n) is 12.0. The van der Waals surface area contributed by atoms with Crippen LogP contribution < -0.4 is 4.90 Å². The van der Waals surface area contributed by atoms with E-state index in [0.29, 0.717) is 5.56 Å². The summed E-state index contributed by atoms with van der Waals surface area (Å²) in [5.41, 5.74) is 3.50. The molecule has 0 radical (unpaired) electrons. The molecule has 0 spiro atoms. The Morgan fingerprint density at radius 1 is 0.905 bits per heavy atom. The molecule has 1 fully saturated rings. The third-order valence-electron chi connectivity index (χ3n) is 3.63. The van der Waals surface area contributed by atoms with Crippen LogP contribution >= 0.6 is 0 Å². The van der Waals surface area contributed by atoms with E-state index in [-0.39, 0.29) is 5.78 Å². The summed E-state index contributed by atoms with van der Waals surface area (Å²) in [5, 5.41) is 8.40. The van der Waals surface area contributed by atoms with Crippen LogP contribution in [0.3, 0.4) is 0 Å². The van der Waals surface area contributed by atoms with E-state index < -0.39 is 0 Å². The van der Waals surface area contributed by atoms with Gasteiger partial charge in [-0.3, -0.25) is 4.79 Å². The summed E-state index contributed by atoms with van der Waals surface area (Å²) in [6.07, 6.45) is 1.28. The van der Waals surface area contributed by atoms with Crippen LogP contribution in [0.5, 0.6) is 0 Å². The van der Waals surface area contributed by atoms with Crippen LogP contribution in [0.25, 0.3) is 0 Å². The number of carbonyl (C=O) groups is 1. The molecule has 106 valence electrons. The molecule has 0 aromatic heterocycles. The first kappa shape index (κ1) is 13.5. The van der Waals surface area contributed by atoms with Crippen molar-refractivity contribution in [2.75, 3.05) is 18.0 Å².